The van der Waals surface area contributed by atoms with E-state index in [1.807, 2.05) is 16.8 Å². The summed E-state index contributed by atoms with van der Waals surface area (Å²) in [5.74, 6) is 0.509. The third kappa shape index (κ3) is 3.09. The lowest BCUT2D eigenvalue weighted by atomic mass is 9.98. The summed E-state index contributed by atoms with van der Waals surface area (Å²) in [5.41, 5.74) is 7.29. The molecule has 2 aliphatic heterocycles. The molecule has 0 saturated carbocycles. The molecule has 2 aromatic heterocycles. The van der Waals surface area contributed by atoms with Gasteiger partial charge in [0.15, 0.2) is 5.65 Å². The summed E-state index contributed by atoms with van der Waals surface area (Å²) >= 11 is 0. The predicted octanol–water partition coefficient (Wildman–Crippen LogP) is 5.11. The van der Waals surface area contributed by atoms with Gasteiger partial charge in [-0.2, -0.15) is 5.10 Å². The van der Waals surface area contributed by atoms with Crippen molar-refractivity contribution in [2.45, 2.75) is 44.8 Å². The molecule has 5 nitrogen and oxygen atoms in total. The van der Waals surface area contributed by atoms with Gasteiger partial charge in [-0.25, -0.2) is 13.9 Å². The number of halogens is 1. The van der Waals surface area contributed by atoms with Crippen LogP contribution in [0.5, 0.6) is 5.75 Å². The number of fused-ring (bicyclic) bond motifs is 6. The maximum Gasteiger partial charge on any atom is 0.155 e. The van der Waals surface area contributed by atoms with Gasteiger partial charge < -0.3 is 4.74 Å². The van der Waals surface area contributed by atoms with Crippen LogP contribution in [0, 0.1) is 12.7 Å². The molecule has 162 valence electrons. The zero-order valence-electron chi connectivity index (χ0n) is 18.3. The van der Waals surface area contributed by atoms with Gasteiger partial charge in [-0.15, -0.1) is 0 Å². The van der Waals surface area contributed by atoms with Crippen LogP contribution in [-0.2, 0) is 13.0 Å². The van der Waals surface area contributed by atoms with Crippen LogP contribution in [0.2, 0.25) is 0 Å². The summed E-state index contributed by atoms with van der Waals surface area (Å²) in [6.45, 7) is 2.67. The van der Waals surface area contributed by atoms with E-state index in [-0.39, 0.29) is 11.9 Å². The van der Waals surface area contributed by atoms with Crippen molar-refractivity contribution >= 4 is 5.65 Å². The highest BCUT2D eigenvalue weighted by molar-refractivity contribution is 5.65. The number of aromatic nitrogens is 3. The lowest BCUT2D eigenvalue weighted by Crippen LogP contribution is -2.38. The molecule has 0 N–H and O–H groups in total. The molecule has 32 heavy (non-hydrogen) atoms. The van der Waals surface area contributed by atoms with Crippen LogP contribution in [0.25, 0.3) is 16.9 Å². The number of nitrogens with zero attached hydrogens (tertiary/aromatic N) is 4. The first-order chi connectivity index (χ1) is 15.6. The van der Waals surface area contributed by atoms with Gasteiger partial charge in [-0.1, -0.05) is 23.8 Å². The van der Waals surface area contributed by atoms with Crippen LogP contribution in [0.3, 0.4) is 0 Å². The summed E-state index contributed by atoms with van der Waals surface area (Å²) in [7, 11) is 1.61. The zero-order valence-corrected chi connectivity index (χ0v) is 18.3. The summed E-state index contributed by atoms with van der Waals surface area (Å²) in [4.78, 5) is 7.18. The zero-order chi connectivity index (χ0) is 21.8. The standard InChI is InChI=1S/C26H25FN4O/c1-16-4-3-5-17(10-16)23-13-26-28-14-21-24-9-6-19(12-25(21)31(26)29-23)30(24)15-18-11-20(32-2)7-8-22(18)27/h3-5,7-8,10-11,13-14,19,24H,6,9,12,15H2,1-2H3. The van der Waals surface area contributed by atoms with Crippen molar-refractivity contribution in [1.29, 1.82) is 0 Å². The highest BCUT2D eigenvalue weighted by Crippen LogP contribution is 2.44. The number of aryl methyl sites for hydroxylation is 1. The number of ether oxygens (including phenoxy) is 1. The first-order valence-corrected chi connectivity index (χ1v) is 11.1. The lowest BCUT2D eigenvalue weighted by Gasteiger charge is -2.36. The molecule has 2 aromatic carbocycles. The summed E-state index contributed by atoms with van der Waals surface area (Å²) in [6.07, 6.45) is 5.06. The van der Waals surface area contributed by atoms with E-state index in [0.29, 0.717) is 23.9 Å². The molecule has 0 spiro atoms. The van der Waals surface area contributed by atoms with Crippen molar-refractivity contribution in [3.05, 3.63) is 82.9 Å². The van der Waals surface area contributed by atoms with Gasteiger partial charge in [0, 0.05) is 54.0 Å². The van der Waals surface area contributed by atoms with Gasteiger partial charge in [0.25, 0.3) is 0 Å². The molecule has 6 heteroatoms. The Morgan fingerprint density at radius 1 is 1.12 bits per heavy atom. The van der Waals surface area contributed by atoms with Crippen molar-refractivity contribution in [3.8, 4) is 17.0 Å². The second-order valence-electron chi connectivity index (χ2n) is 8.91. The van der Waals surface area contributed by atoms with E-state index < -0.39 is 0 Å². The van der Waals surface area contributed by atoms with Gasteiger partial charge in [0.2, 0.25) is 0 Å². The lowest BCUT2D eigenvalue weighted by molar-refractivity contribution is 0.163. The van der Waals surface area contributed by atoms with Crippen molar-refractivity contribution in [2.24, 2.45) is 0 Å². The molecule has 4 heterocycles. The van der Waals surface area contributed by atoms with Crippen LogP contribution >= 0.6 is 0 Å². The molecule has 1 saturated heterocycles. The van der Waals surface area contributed by atoms with Crippen LogP contribution < -0.4 is 4.74 Å². The number of rotatable bonds is 4. The van der Waals surface area contributed by atoms with E-state index in [9.17, 15) is 4.39 Å². The average Bonchev–Trinajstić information content (AvgIpc) is 3.35. The van der Waals surface area contributed by atoms with Gasteiger partial charge in [-0.05, 0) is 44.0 Å². The maximum absolute atomic E-state index is 14.5. The molecular formula is C26H25FN4O. The second-order valence-corrected chi connectivity index (χ2v) is 8.91. The molecule has 0 amide bonds. The molecule has 2 atom stereocenters. The van der Waals surface area contributed by atoms with E-state index in [1.165, 1.54) is 22.9 Å². The fraction of sp³-hybridized carbons (Fsp3) is 0.308. The molecule has 0 aliphatic carbocycles. The molecule has 2 unspecified atom stereocenters. The van der Waals surface area contributed by atoms with Crippen molar-refractivity contribution in [3.63, 3.8) is 0 Å². The number of methoxy groups -OCH3 is 1. The van der Waals surface area contributed by atoms with E-state index in [1.54, 1.807) is 13.2 Å². The van der Waals surface area contributed by atoms with E-state index in [2.05, 4.69) is 42.2 Å². The number of hydrogen-bond acceptors (Lipinski definition) is 4. The highest BCUT2D eigenvalue weighted by atomic mass is 19.1. The third-order valence-corrected chi connectivity index (χ3v) is 6.97. The Labute approximate surface area is 186 Å². The highest BCUT2D eigenvalue weighted by Gasteiger charge is 2.41. The van der Waals surface area contributed by atoms with E-state index in [0.717, 1.165) is 36.2 Å². The van der Waals surface area contributed by atoms with E-state index in [4.69, 9.17) is 14.8 Å². The summed E-state index contributed by atoms with van der Waals surface area (Å²) < 4.78 is 21.9. The second kappa shape index (κ2) is 7.41. The first kappa shape index (κ1) is 19.4. The fourth-order valence-corrected chi connectivity index (χ4v) is 5.37. The van der Waals surface area contributed by atoms with Crippen molar-refractivity contribution < 1.29 is 9.13 Å². The molecule has 0 radical (unpaired) electrons. The van der Waals surface area contributed by atoms with Crippen LogP contribution in [0.4, 0.5) is 4.39 Å². The largest absolute Gasteiger partial charge is 0.497 e. The quantitative estimate of drug-likeness (QED) is 0.453. The minimum absolute atomic E-state index is 0.181. The minimum atomic E-state index is -0.181. The Bertz CT molecular complexity index is 1330. The molecule has 2 bridgehead atoms. The smallest absolute Gasteiger partial charge is 0.155 e. The van der Waals surface area contributed by atoms with Crippen molar-refractivity contribution in [2.75, 3.05) is 7.11 Å². The van der Waals surface area contributed by atoms with Gasteiger partial charge in [0.1, 0.15) is 11.6 Å². The molecule has 4 aromatic rings. The SMILES string of the molecule is COc1ccc(F)c(CN2C3CCC2c2cnc4cc(-c5cccc(C)c5)nn4c2C3)c1. The Kier molecular flexibility index (Phi) is 4.50. The summed E-state index contributed by atoms with van der Waals surface area (Å²) in [6, 6.07) is 16.1. The Hall–Kier alpha value is -3.25. The minimum Gasteiger partial charge on any atom is -0.497 e. The predicted molar refractivity (Wildman–Crippen MR) is 121 cm³/mol. The monoisotopic (exact) mass is 428 g/mol. The van der Waals surface area contributed by atoms with Gasteiger partial charge >= 0.3 is 0 Å². The Balaban J connectivity index is 1.37. The average molecular weight is 429 g/mol. The topological polar surface area (TPSA) is 42.7 Å². The van der Waals surface area contributed by atoms with Gasteiger partial charge in [-0.3, -0.25) is 4.90 Å². The van der Waals surface area contributed by atoms with Crippen LogP contribution in [0.15, 0.2) is 54.7 Å². The fourth-order valence-electron chi connectivity index (χ4n) is 5.37. The number of hydrogen-bond donors (Lipinski definition) is 0. The molecule has 2 aliphatic rings. The van der Waals surface area contributed by atoms with Crippen LogP contribution in [-0.4, -0.2) is 32.6 Å². The maximum atomic E-state index is 14.5. The first-order valence-electron chi connectivity index (χ1n) is 11.1. The summed E-state index contributed by atoms with van der Waals surface area (Å²) in [5, 5.41) is 4.94. The normalized spacial score (nSPS) is 20.0. The Morgan fingerprint density at radius 3 is 2.88 bits per heavy atom. The van der Waals surface area contributed by atoms with E-state index >= 15 is 0 Å². The molecule has 6 rings (SSSR count). The van der Waals surface area contributed by atoms with Gasteiger partial charge in [0.05, 0.1) is 18.5 Å². The molecule has 1 fully saturated rings. The van der Waals surface area contributed by atoms with Crippen LogP contribution in [0.1, 0.15) is 41.3 Å². The molecular weight excluding hydrogens is 403 g/mol. The number of benzene rings is 2. The van der Waals surface area contributed by atoms with Crippen molar-refractivity contribution in [1.82, 2.24) is 19.5 Å². The Morgan fingerprint density at radius 2 is 2.03 bits per heavy atom. The third-order valence-electron chi connectivity index (χ3n) is 6.97.